The molecule has 0 saturated heterocycles. The van der Waals surface area contributed by atoms with Gasteiger partial charge < -0.3 is 23.7 Å². The summed E-state index contributed by atoms with van der Waals surface area (Å²) in [7, 11) is 1.63. The van der Waals surface area contributed by atoms with Gasteiger partial charge in [-0.3, -0.25) is 0 Å². The SMILES string of the molecule is C#Cc1c2ccccc2c(C(=O)OCCOCCOCCOCCOC)c2ccccc12. The fraction of sp³-hybridized carbons (Fsp3) is 0.346. The summed E-state index contributed by atoms with van der Waals surface area (Å²) in [6.07, 6.45) is 5.79. The third-order valence-electron chi connectivity index (χ3n) is 4.92. The van der Waals surface area contributed by atoms with E-state index in [0.717, 1.165) is 27.1 Å². The zero-order valence-electron chi connectivity index (χ0n) is 18.3. The smallest absolute Gasteiger partial charge is 0.339 e. The first-order chi connectivity index (χ1) is 15.8. The number of rotatable bonds is 13. The number of benzene rings is 3. The van der Waals surface area contributed by atoms with Crippen molar-refractivity contribution in [3.05, 3.63) is 59.7 Å². The molecule has 168 valence electrons. The van der Waals surface area contributed by atoms with Gasteiger partial charge in [-0.25, -0.2) is 4.79 Å². The van der Waals surface area contributed by atoms with Crippen molar-refractivity contribution >= 4 is 27.5 Å². The molecule has 0 aromatic heterocycles. The largest absolute Gasteiger partial charge is 0.460 e. The van der Waals surface area contributed by atoms with E-state index in [-0.39, 0.29) is 13.2 Å². The summed E-state index contributed by atoms with van der Waals surface area (Å²) < 4.78 is 26.6. The highest BCUT2D eigenvalue weighted by atomic mass is 16.6. The Morgan fingerprint density at radius 3 is 1.62 bits per heavy atom. The molecule has 0 unspecified atom stereocenters. The number of carbonyl (C=O) groups is 1. The van der Waals surface area contributed by atoms with Gasteiger partial charge in [0.05, 0.1) is 51.8 Å². The summed E-state index contributed by atoms with van der Waals surface area (Å²) in [5.41, 5.74) is 1.30. The van der Waals surface area contributed by atoms with Crippen molar-refractivity contribution in [2.45, 2.75) is 0 Å². The van der Waals surface area contributed by atoms with Crippen molar-refractivity contribution in [3.63, 3.8) is 0 Å². The van der Waals surface area contributed by atoms with Crippen molar-refractivity contribution in [1.29, 1.82) is 0 Å². The highest BCUT2D eigenvalue weighted by Gasteiger charge is 2.19. The Kier molecular flexibility index (Phi) is 9.48. The molecule has 3 rings (SSSR count). The van der Waals surface area contributed by atoms with Gasteiger partial charge >= 0.3 is 5.97 Å². The lowest BCUT2D eigenvalue weighted by Crippen LogP contribution is -2.15. The lowest BCUT2D eigenvalue weighted by molar-refractivity contribution is -0.00544. The van der Waals surface area contributed by atoms with Crippen LogP contribution in [0.5, 0.6) is 0 Å². The third-order valence-corrected chi connectivity index (χ3v) is 4.92. The predicted molar refractivity (Wildman–Crippen MR) is 124 cm³/mol. The maximum Gasteiger partial charge on any atom is 0.339 e. The summed E-state index contributed by atoms with van der Waals surface area (Å²) in [5, 5.41) is 3.29. The first-order valence-corrected chi connectivity index (χ1v) is 10.6. The third kappa shape index (κ3) is 6.06. The molecule has 0 fully saturated rings. The summed E-state index contributed by atoms with van der Waals surface area (Å²) in [5.74, 6) is 2.38. The van der Waals surface area contributed by atoms with Crippen molar-refractivity contribution < 1.29 is 28.5 Å². The van der Waals surface area contributed by atoms with Gasteiger partial charge in [0, 0.05) is 12.7 Å². The minimum absolute atomic E-state index is 0.151. The molecule has 0 atom stereocenters. The number of carbonyl (C=O) groups excluding carboxylic acids is 1. The van der Waals surface area contributed by atoms with E-state index in [2.05, 4.69) is 5.92 Å². The number of terminal acetylenes is 1. The Hall–Kier alpha value is -2.95. The quantitative estimate of drug-likeness (QED) is 0.176. The van der Waals surface area contributed by atoms with Crippen LogP contribution in [0.3, 0.4) is 0 Å². The number of ether oxygens (including phenoxy) is 5. The van der Waals surface area contributed by atoms with Crippen molar-refractivity contribution in [1.82, 2.24) is 0 Å². The summed E-state index contributed by atoms with van der Waals surface area (Å²) in [6.45, 7) is 3.44. The van der Waals surface area contributed by atoms with Crippen molar-refractivity contribution in [3.8, 4) is 12.3 Å². The zero-order chi connectivity index (χ0) is 22.6. The first-order valence-electron chi connectivity index (χ1n) is 10.6. The van der Waals surface area contributed by atoms with E-state index in [1.807, 2.05) is 48.5 Å². The molecule has 0 saturated carbocycles. The van der Waals surface area contributed by atoms with Crippen LogP contribution in [-0.2, 0) is 23.7 Å². The molecule has 0 N–H and O–H groups in total. The monoisotopic (exact) mass is 436 g/mol. The van der Waals surface area contributed by atoms with Gasteiger partial charge in [-0.2, -0.15) is 0 Å². The standard InChI is InChI=1S/C26H28O6/c1-3-20-21-8-4-6-10-23(21)25(24-11-7-5-9-22(20)24)26(27)32-19-18-31-17-16-30-15-14-29-13-12-28-2/h1,4-11H,12-19H2,2H3. The molecular formula is C26H28O6. The Bertz CT molecular complexity index is 1010. The Balaban J connectivity index is 1.52. The van der Waals surface area contributed by atoms with E-state index in [1.165, 1.54) is 0 Å². The Morgan fingerprint density at radius 2 is 1.16 bits per heavy atom. The highest BCUT2D eigenvalue weighted by Crippen LogP contribution is 2.32. The molecule has 0 spiro atoms. The second-order valence-electron chi connectivity index (χ2n) is 6.95. The van der Waals surface area contributed by atoms with Gasteiger partial charge in [0.15, 0.2) is 0 Å². The van der Waals surface area contributed by atoms with Crippen LogP contribution in [0.1, 0.15) is 15.9 Å². The molecule has 0 bridgehead atoms. The average Bonchev–Trinajstić information content (AvgIpc) is 2.83. The Labute approximate surface area is 188 Å². The molecule has 6 nitrogen and oxygen atoms in total. The number of hydrogen-bond donors (Lipinski definition) is 0. The van der Waals surface area contributed by atoms with E-state index >= 15 is 0 Å². The first kappa shape index (κ1) is 23.7. The summed E-state index contributed by atoms with van der Waals surface area (Å²) in [4.78, 5) is 13.0. The maximum absolute atomic E-state index is 13.0. The molecule has 0 amide bonds. The van der Waals surface area contributed by atoms with Crippen LogP contribution >= 0.6 is 0 Å². The van der Waals surface area contributed by atoms with Crippen molar-refractivity contribution in [2.24, 2.45) is 0 Å². The predicted octanol–water partition coefficient (Wildman–Crippen LogP) is 3.83. The fourth-order valence-electron chi connectivity index (χ4n) is 3.45. The second kappa shape index (κ2) is 12.8. The fourth-order valence-corrected chi connectivity index (χ4v) is 3.45. The molecule has 0 radical (unpaired) electrons. The lowest BCUT2D eigenvalue weighted by atomic mass is 9.92. The van der Waals surface area contributed by atoms with E-state index < -0.39 is 5.97 Å². The lowest BCUT2D eigenvalue weighted by Gasteiger charge is -2.14. The van der Waals surface area contributed by atoms with Gasteiger partial charge in [0.25, 0.3) is 0 Å². The van der Waals surface area contributed by atoms with Crippen LogP contribution in [0.4, 0.5) is 0 Å². The molecule has 3 aromatic rings. The van der Waals surface area contributed by atoms with Gasteiger partial charge in [-0.05, 0) is 21.5 Å². The van der Waals surface area contributed by atoms with Crippen LogP contribution in [-0.4, -0.2) is 65.9 Å². The maximum atomic E-state index is 13.0. The number of esters is 1. The second-order valence-corrected chi connectivity index (χ2v) is 6.95. The average molecular weight is 437 g/mol. The number of hydrogen-bond acceptors (Lipinski definition) is 6. The van der Waals surface area contributed by atoms with Gasteiger partial charge in [0.2, 0.25) is 0 Å². The molecule has 6 heteroatoms. The minimum atomic E-state index is -0.394. The molecule has 3 aromatic carbocycles. The molecule has 0 aliphatic rings. The normalized spacial score (nSPS) is 11.0. The van der Waals surface area contributed by atoms with Crippen LogP contribution in [0.15, 0.2) is 48.5 Å². The van der Waals surface area contributed by atoms with Gasteiger partial charge in [0.1, 0.15) is 6.61 Å². The zero-order valence-corrected chi connectivity index (χ0v) is 18.3. The Morgan fingerprint density at radius 1 is 0.719 bits per heavy atom. The summed E-state index contributed by atoms with van der Waals surface area (Å²) in [6, 6.07) is 15.3. The topological polar surface area (TPSA) is 63.2 Å². The van der Waals surface area contributed by atoms with Crippen molar-refractivity contribution in [2.75, 3.05) is 60.0 Å². The van der Waals surface area contributed by atoms with Gasteiger partial charge in [-0.15, -0.1) is 6.42 Å². The molecule has 0 heterocycles. The molecule has 32 heavy (non-hydrogen) atoms. The van der Waals surface area contributed by atoms with Crippen LogP contribution in [0.25, 0.3) is 21.5 Å². The molecule has 0 aliphatic heterocycles. The minimum Gasteiger partial charge on any atom is -0.460 e. The summed E-state index contributed by atoms with van der Waals surface area (Å²) >= 11 is 0. The molecule has 0 aliphatic carbocycles. The van der Waals surface area contributed by atoms with Gasteiger partial charge in [-0.1, -0.05) is 54.5 Å². The van der Waals surface area contributed by atoms with E-state index in [9.17, 15) is 4.79 Å². The van der Waals surface area contributed by atoms with Crippen LogP contribution in [0, 0.1) is 12.3 Å². The number of fused-ring (bicyclic) bond motifs is 2. The highest BCUT2D eigenvalue weighted by molar-refractivity contribution is 6.19. The van der Waals surface area contributed by atoms with E-state index in [4.69, 9.17) is 30.1 Å². The molecular weight excluding hydrogens is 408 g/mol. The van der Waals surface area contributed by atoms with Crippen LogP contribution < -0.4 is 0 Å². The van der Waals surface area contributed by atoms with E-state index in [1.54, 1.807) is 7.11 Å². The van der Waals surface area contributed by atoms with Crippen LogP contribution in [0.2, 0.25) is 0 Å². The van der Waals surface area contributed by atoms with E-state index in [0.29, 0.717) is 45.2 Å². The number of methoxy groups -OCH3 is 1.